The number of benzene rings is 2. The van der Waals surface area contributed by atoms with Crippen LogP contribution in [0.1, 0.15) is 34.5 Å². The molecule has 3 aromatic rings. The molecule has 0 spiro atoms. The zero-order valence-electron chi connectivity index (χ0n) is 16.3. The van der Waals surface area contributed by atoms with E-state index in [1.54, 1.807) is 43.5 Å². The van der Waals surface area contributed by atoms with Crippen LogP contribution >= 0.6 is 0 Å². The number of hydrogen-bond acceptors (Lipinski definition) is 5. The van der Waals surface area contributed by atoms with Gasteiger partial charge in [-0.1, -0.05) is 18.2 Å². The minimum atomic E-state index is -0.641. The van der Waals surface area contributed by atoms with Crippen LogP contribution in [-0.2, 0) is 0 Å². The summed E-state index contributed by atoms with van der Waals surface area (Å²) in [5, 5.41) is 26.4. The van der Waals surface area contributed by atoms with E-state index in [9.17, 15) is 19.4 Å². The topological polar surface area (TPSA) is 94.5 Å². The lowest BCUT2D eigenvalue weighted by Crippen LogP contribution is -2.30. The van der Waals surface area contributed by atoms with Crippen molar-refractivity contribution >= 4 is 22.5 Å². The van der Waals surface area contributed by atoms with Gasteiger partial charge in [-0.3, -0.25) is 4.79 Å². The van der Waals surface area contributed by atoms with Crippen molar-refractivity contribution in [3.05, 3.63) is 71.2 Å². The summed E-state index contributed by atoms with van der Waals surface area (Å²) in [5.41, 5.74) is 1.52. The molecule has 1 amide bonds. The Bertz CT molecular complexity index is 1030. The summed E-state index contributed by atoms with van der Waals surface area (Å²) in [6.07, 6.45) is 1.70. The van der Waals surface area contributed by atoms with Gasteiger partial charge in [0, 0.05) is 23.2 Å². The number of carbonyl (C=O) groups excluding carboxylic acids is 1. The van der Waals surface area contributed by atoms with Crippen molar-refractivity contribution in [3.63, 3.8) is 0 Å². The summed E-state index contributed by atoms with van der Waals surface area (Å²) >= 11 is 0. The first-order chi connectivity index (χ1) is 13.9. The summed E-state index contributed by atoms with van der Waals surface area (Å²) < 4.78 is 13.5. The first-order valence-electron chi connectivity index (χ1n) is 9.36. The van der Waals surface area contributed by atoms with Gasteiger partial charge in [-0.15, -0.1) is 0 Å². The number of anilines is 1. The highest BCUT2D eigenvalue weighted by molar-refractivity contribution is 5.99. The van der Waals surface area contributed by atoms with Crippen LogP contribution in [0.25, 0.3) is 10.8 Å². The van der Waals surface area contributed by atoms with E-state index < -0.39 is 6.04 Å². The third-order valence-electron chi connectivity index (χ3n) is 4.72. The number of aromatic nitrogens is 1. The normalized spacial score (nSPS) is 13.1. The van der Waals surface area contributed by atoms with Gasteiger partial charge < -0.3 is 20.8 Å². The second-order valence-corrected chi connectivity index (χ2v) is 7.08. The number of hydrogen-bond donors (Lipinski definition) is 4. The number of halogens is 1. The molecule has 0 bridgehead atoms. The first-order valence-corrected chi connectivity index (χ1v) is 9.36. The molecule has 0 saturated heterocycles. The third kappa shape index (κ3) is 4.88. The van der Waals surface area contributed by atoms with Gasteiger partial charge in [0.15, 0.2) is 0 Å². The molecule has 0 fully saturated rings. The number of fused-ring (bicyclic) bond motifs is 1. The molecule has 0 unspecified atom stereocenters. The number of nitrogens with one attached hydrogen (secondary N) is 2. The monoisotopic (exact) mass is 397 g/mol. The Morgan fingerprint density at radius 1 is 1.10 bits per heavy atom. The standard InChI is InChI=1S/C22H24FN3O3/c1-13-7-15(5-6-19(13)23)20(12-28)26-22(29)16-3-4-17-10-24-21(9-18(17)8-16)25-14(2)11-27/h3-10,14,20,27-28H,11-12H2,1-2H3,(H,24,25)(H,26,29)/t14-,20+/m0/s1. The van der Waals surface area contributed by atoms with E-state index in [4.69, 9.17) is 0 Å². The molecular formula is C22H24FN3O3. The lowest BCUT2D eigenvalue weighted by atomic mass is 10.0. The number of rotatable bonds is 7. The van der Waals surface area contributed by atoms with Crippen LogP contribution in [0.4, 0.5) is 10.2 Å². The van der Waals surface area contributed by atoms with Gasteiger partial charge in [0.2, 0.25) is 0 Å². The van der Waals surface area contributed by atoms with Crippen LogP contribution in [0, 0.1) is 12.7 Å². The van der Waals surface area contributed by atoms with E-state index in [0.717, 1.165) is 10.8 Å². The summed E-state index contributed by atoms with van der Waals surface area (Å²) in [4.78, 5) is 17.0. The van der Waals surface area contributed by atoms with E-state index in [1.807, 2.05) is 13.0 Å². The molecule has 0 aliphatic heterocycles. The number of amides is 1. The fraction of sp³-hybridized carbons (Fsp3) is 0.273. The highest BCUT2D eigenvalue weighted by atomic mass is 19.1. The molecule has 2 atom stereocenters. The molecule has 0 aliphatic rings. The largest absolute Gasteiger partial charge is 0.394 e. The summed E-state index contributed by atoms with van der Waals surface area (Å²) in [5.74, 6) is -0.0746. The summed E-state index contributed by atoms with van der Waals surface area (Å²) in [7, 11) is 0. The Kier molecular flexibility index (Phi) is 6.41. The quantitative estimate of drug-likeness (QED) is 0.492. The number of carbonyl (C=O) groups is 1. The Morgan fingerprint density at radius 2 is 1.90 bits per heavy atom. The molecule has 1 aromatic heterocycles. The highest BCUT2D eigenvalue weighted by Crippen LogP contribution is 2.21. The smallest absolute Gasteiger partial charge is 0.251 e. The van der Waals surface area contributed by atoms with Gasteiger partial charge >= 0.3 is 0 Å². The SMILES string of the molecule is Cc1cc([C@@H](CO)NC(=O)c2ccc3cnc(N[C@@H](C)CO)cc3c2)ccc1F. The van der Waals surface area contributed by atoms with Crippen LogP contribution < -0.4 is 10.6 Å². The molecule has 0 aliphatic carbocycles. The Morgan fingerprint density at radius 3 is 2.59 bits per heavy atom. The summed E-state index contributed by atoms with van der Waals surface area (Å²) in [6, 6.07) is 10.7. The van der Waals surface area contributed by atoms with Crippen molar-refractivity contribution in [1.82, 2.24) is 10.3 Å². The Labute approximate surface area is 168 Å². The maximum absolute atomic E-state index is 13.5. The zero-order chi connectivity index (χ0) is 21.0. The number of pyridine rings is 1. The van der Waals surface area contributed by atoms with Gasteiger partial charge in [-0.05, 0) is 54.6 Å². The average molecular weight is 397 g/mol. The van der Waals surface area contributed by atoms with Crippen molar-refractivity contribution < 1.29 is 19.4 Å². The van der Waals surface area contributed by atoms with Crippen molar-refractivity contribution in [1.29, 1.82) is 0 Å². The van der Waals surface area contributed by atoms with E-state index in [0.29, 0.717) is 22.5 Å². The minimum Gasteiger partial charge on any atom is -0.394 e. The van der Waals surface area contributed by atoms with Crippen LogP contribution in [0.15, 0.2) is 48.7 Å². The van der Waals surface area contributed by atoms with E-state index in [1.165, 1.54) is 6.07 Å². The van der Waals surface area contributed by atoms with Gasteiger partial charge in [-0.2, -0.15) is 0 Å². The third-order valence-corrected chi connectivity index (χ3v) is 4.72. The molecule has 3 rings (SSSR count). The Balaban J connectivity index is 1.82. The van der Waals surface area contributed by atoms with Crippen LogP contribution in [0.5, 0.6) is 0 Å². The van der Waals surface area contributed by atoms with E-state index >= 15 is 0 Å². The second kappa shape index (κ2) is 8.98. The lowest BCUT2D eigenvalue weighted by molar-refractivity contribution is 0.0916. The van der Waals surface area contributed by atoms with Crippen LogP contribution in [0.3, 0.4) is 0 Å². The number of aliphatic hydroxyl groups is 2. The second-order valence-electron chi connectivity index (χ2n) is 7.08. The molecule has 2 aromatic carbocycles. The van der Waals surface area contributed by atoms with E-state index in [2.05, 4.69) is 15.6 Å². The van der Waals surface area contributed by atoms with E-state index in [-0.39, 0.29) is 31.0 Å². The van der Waals surface area contributed by atoms with Crippen molar-refractivity contribution in [2.24, 2.45) is 0 Å². The maximum atomic E-state index is 13.5. The average Bonchev–Trinajstić information content (AvgIpc) is 2.73. The molecule has 7 heteroatoms. The molecule has 29 heavy (non-hydrogen) atoms. The fourth-order valence-corrected chi connectivity index (χ4v) is 3.02. The van der Waals surface area contributed by atoms with Crippen molar-refractivity contribution in [3.8, 4) is 0 Å². The molecular weight excluding hydrogens is 373 g/mol. The number of aliphatic hydroxyl groups excluding tert-OH is 2. The number of aryl methyl sites for hydroxylation is 1. The highest BCUT2D eigenvalue weighted by Gasteiger charge is 2.16. The minimum absolute atomic E-state index is 0.0203. The van der Waals surface area contributed by atoms with Gasteiger partial charge in [0.1, 0.15) is 11.6 Å². The van der Waals surface area contributed by atoms with Crippen LogP contribution in [0.2, 0.25) is 0 Å². The van der Waals surface area contributed by atoms with Gasteiger partial charge in [-0.25, -0.2) is 9.37 Å². The summed E-state index contributed by atoms with van der Waals surface area (Å²) in [6.45, 7) is 3.15. The van der Waals surface area contributed by atoms with Crippen molar-refractivity contribution in [2.75, 3.05) is 18.5 Å². The molecule has 152 valence electrons. The predicted molar refractivity (Wildman–Crippen MR) is 110 cm³/mol. The Hall–Kier alpha value is -3.03. The molecule has 6 nitrogen and oxygen atoms in total. The van der Waals surface area contributed by atoms with Crippen LogP contribution in [-0.4, -0.2) is 40.4 Å². The van der Waals surface area contributed by atoms with Crippen molar-refractivity contribution in [2.45, 2.75) is 25.9 Å². The maximum Gasteiger partial charge on any atom is 0.251 e. The lowest BCUT2D eigenvalue weighted by Gasteiger charge is -2.18. The first kappa shape index (κ1) is 20.7. The predicted octanol–water partition coefficient (Wildman–Crippen LogP) is 2.94. The zero-order valence-corrected chi connectivity index (χ0v) is 16.3. The fourth-order valence-electron chi connectivity index (χ4n) is 3.02. The van der Waals surface area contributed by atoms with Gasteiger partial charge in [0.05, 0.1) is 19.3 Å². The van der Waals surface area contributed by atoms with Gasteiger partial charge in [0.25, 0.3) is 5.91 Å². The molecule has 4 N–H and O–H groups in total. The number of nitrogens with zero attached hydrogens (tertiary/aromatic N) is 1. The molecule has 0 saturated carbocycles. The molecule has 0 radical (unpaired) electrons. The molecule has 1 heterocycles.